The maximum absolute atomic E-state index is 8.93. The van der Waals surface area contributed by atoms with E-state index in [1.165, 1.54) is 16.7 Å². The molecular formula is C6H11BO2S. The number of thioether (sulfide) groups is 1. The first kappa shape index (κ1) is 8.17. The summed E-state index contributed by atoms with van der Waals surface area (Å²) in [7, 11) is -1.22. The Bertz CT molecular complexity index is 169. The van der Waals surface area contributed by atoms with E-state index in [4.69, 9.17) is 10.0 Å². The highest BCUT2D eigenvalue weighted by Crippen LogP contribution is 2.41. The third kappa shape index (κ3) is 1.39. The van der Waals surface area contributed by atoms with E-state index < -0.39 is 11.8 Å². The first-order valence-corrected chi connectivity index (χ1v) is 4.08. The van der Waals surface area contributed by atoms with Gasteiger partial charge >= 0.3 is 7.12 Å². The molecule has 4 heteroatoms. The van der Waals surface area contributed by atoms with E-state index in [1.807, 2.05) is 19.9 Å². The van der Waals surface area contributed by atoms with Crippen LogP contribution in [0.3, 0.4) is 0 Å². The van der Waals surface area contributed by atoms with E-state index >= 15 is 0 Å². The number of rotatable bonds is 1. The van der Waals surface area contributed by atoms with Gasteiger partial charge in [0.2, 0.25) is 0 Å². The van der Waals surface area contributed by atoms with Crippen LogP contribution < -0.4 is 0 Å². The molecule has 0 aromatic heterocycles. The Kier molecular flexibility index (Phi) is 2.13. The van der Waals surface area contributed by atoms with Crippen LogP contribution in [0.5, 0.6) is 0 Å². The standard InChI is InChI=1S/C6H11BO2S/c1-5-3-4-6(2,10-5)7(8)9/h3,8-9H,4H2,1-2H3. The summed E-state index contributed by atoms with van der Waals surface area (Å²) in [5.41, 5.74) is 0. The minimum absolute atomic E-state index is 0.399. The molecule has 1 rings (SSSR count). The molecule has 0 aliphatic carbocycles. The van der Waals surface area contributed by atoms with Crippen LogP contribution in [0.1, 0.15) is 20.3 Å². The van der Waals surface area contributed by atoms with E-state index in [1.54, 1.807) is 0 Å². The zero-order valence-electron chi connectivity index (χ0n) is 6.16. The van der Waals surface area contributed by atoms with Crippen molar-refractivity contribution in [2.24, 2.45) is 0 Å². The van der Waals surface area contributed by atoms with Crippen molar-refractivity contribution in [3.05, 3.63) is 11.0 Å². The first-order valence-electron chi connectivity index (χ1n) is 3.26. The van der Waals surface area contributed by atoms with Gasteiger partial charge < -0.3 is 10.0 Å². The minimum Gasteiger partial charge on any atom is -0.426 e. The van der Waals surface area contributed by atoms with Crippen LogP contribution in [0.4, 0.5) is 0 Å². The molecule has 1 unspecified atom stereocenters. The van der Waals surface area contributed by atoms with Gasteiger partial charge in [0.05, 0.1) is 4.65 Å². The fourth-order valence-corrected chi connectivity index (χ4v) is 2.13. The van der Waals surface area contributed by atoms with Crippen LogP contribution in [0.25, 0.3) is 0 Å². The molecule has 0 aromatic carbocycles. The molecule has 0 radical (unpaired) electrons. The molecule has 1 atom stereocenters. The first-order chi connectivity index (χ1) is 4.54. The van der Waals surface area contributed by atoms with Gasteiger partial charge in [-0.3, -0.25) is 0 Å². The molecule has 0 amide bonds. The van der Waals surface area contributed by atoms with Crippen LogP contribution >= 0.6 is 11.8 Å². The minimum atomic E-state index is -1.22. The highest BCUT2D eigenvalue weighted by Gasteiger charge is 2.40. The van der Waals surface area contributed by atoms with Gasteiger partial charge in [-0.15, -0.1) is 11.8 Å². The molecule has 2 nitrogen and oxygen atoms in total. The summed E-state index contributed by atoms with van der Waals surface area (Å²) < 4.78 is -0.399. The fourth-order valence-electron chi connectivity index (χ4n) is 0.956. The van der Waals surface area contributed by atoms with Crippen molar-refractivity contribution in [3.63, 3.8) is 0 Å². The van der Waals surface area contributed by atoms with Gasteiger partial charge in [0, 0.05) is 0 Å². The van der Waals surface area contributed by atoms with Crippen molar-refractivity contribution in [1.82, 2.24) is 0 Å². The van der Waals surface area contributed by atoms with E-state index in [2.05, 4.69) is 0 Å². The maximum atomic E-state index is 8.93. The fraction of sp³-hybridized carbons (Fsp3) is 0.667. The second-order valence-electron chi connectivity index (χ2n) is 2.81. The van der Waals surface area contributed by atoms with E-state index in [0.717, 1.165) is 6.42 Å². The molecule has 10 heavy (non-hydrogen) atoms. The van der Waals surface area contributed by atoms with Crippen molar-refractivity contribution < 1.29 is 10.0 Å². The van der Waals surface area contributed by atoms with Crippen molar-refractivity contribution in [2.45, 2.75) is 24.9 Å². The van der Waals surface area contributed by atoms with Crippen molar-refractivity contribution in [2.75, 3.05) is 0 Å². The quantitative estimate of drug-likeness (QED) is 0.554. The van der Waals surface area contributed by atoms with Crippen molar-refractivity contribution >= 4 is 18.9 Å². The van der Waals surface area contributed by atoms with Gasteiger partial charge in [0.25, 0.3) is 0 Å². The summed E-state index contributed by atoms with van der Waals surface area (Å²) in [5.74, 6) is 0. The lowest BCUT2D eigenvalue weighted by atomic mass is 9.71. The molecule has 1 aliphatic rings. The SMILES string of the molecule is CC1=CCC(C)(B(O)O)S1. The maximum Gasteiger partial charge on any atom is 0.469 e. The lowest BCUT2D eigenvalue weighted by Crippen LogP contribution is -2.38. The highest BCUT2D eigenvalue weighted by atomic mass is 32.2. The van der Waals surface area contributed by atoms with Gasteiger partial charge in [-0.1, -0.05) is 13.0 Å². The van der Waals surface area contributed by atoms with Gasteiger partial charge in [0.1, 0.15) is 0 Å². The molecule has 0 saturated carbocycles. The third-order valence-corrected chi connectivity index (χ3v) is 3.07. The van der Waals surface area contributed by atoms with Crippen molar-refractivity contribution in [3.8, 4) is 0 Å². The molecule has 0 fully saturated rings. The molecule has 56 valence electrons. The normalized spacial score (nSPS) is 32.2. The summed E-state index contributed by atoms with van der Waals surface area (Å²) in [6, 6.07) is 0. The summed E-state index contributed by atoms with van der Waals surface area (Å²) >= 11 is 1.54. The van der Waals surface area contributed by atoms with Gasteiger partial charge in [-0.25, -0.2) is 0 Å². The Hall–Kier alpha value is 0.0749. The van der Waals surface area contributed by atoms with Crippen LogP contribution in [-0.4, -0.2) is 21.8 Å². The van der Waals surface area contributed by atoms with Gasteiger partial charge in [0.15, 0.2) is 0 Å². The Morgan fingerprint density at radius 3 is 2.50 bits per heavy atom. The predicted molar refractivity (Wildman–Crippen MR) is 44.6 cm³/mol. The largest absolute Gasteiger partial charge is 0.469 e. The average Bonchev–Trinajstić information content (AvgIpc) is 2.13. The third-order valence-electron chi connectivity index (χ3n) is 1.74. The van der Waals surface area contributed by atoms with Crippen LogP contribution in [0.2, 0.25) is 0 Å². The zero-order valence-corrected chi connectivity index (χ0v) is 6.98. The van der Waals surface area contributed by atoms with E-state index in [0.29, 0.717) is 0 Å². The van der Waals surface area contributed by atoms with Gasteiger partial charge in [-0.2, -0.15) is 0 Å². The summed E-state index contributed by atoms with van der Waals surface area (Å²) in [5, 5.41) is 17.9. The lowest BCUT2D eigenvalue weighted by molar-refractivity contribution is 0.383. The second kappa shape index (κ2) is 2.60. The molecule has 1 heterocycles. The molecular weight excluding hydrogens is 147 g/mol. The van der Waals surface area contributed by atoms with Crippen LogP contribution in [0, 0.1) is 0 Å². The second-order valence-corrected chi connectivity index (χ2v) is 4.59. The Morgan fingerprint density at radius 1 is 1.70 bits per heavy atom. The van der Waals surface area contributed by atoms with Crippen LogP contribution in [0.15, 0.2) is 11.0 Å². The van der Waals surface area contributed by atoms with Gasteiger partial charge in [-0.05, 0) is 18.2 Å². The summed E-state index contributed by atoms with van der Waals surface area (Å²) in [6.45, 7) is 3.84. The smallest absolute Gasteiger partial charge is 0.426 e. The van der Waals surface area contributed by atoms with E-state index in [9.17, 15) is 0 Å². The Labute approximate surface area is 65.5 Å². The zero-order chi connectivity index (χ0) is 7.78. The van der Waals surface area contributed by atoms with Crippen LogP contribution in [-0.2, 0) is 0 Å². The highest BCUT2D eigenvalue weighted by molar-refractivity contribution is 8.05. The molecule has 0 aromatic rings. The Balaban J connectivity index is 2.61. The monoisotopic (exact) mass is 158 g/mol. The predicted octanol–water partition coefficient (Wildman–Crippen LogP) is 0.798. The summed E-state index contributed by atoms with van der Waals surface area (Å²) in [6.07, 6.45) is 2.78. The number of allylic oxidation sites excluding steroid dienone is 2. The topological polar surface area (TPSA) is 40.5 Å². The molecule has 0 spiro atoms. The summed E-state index contributed by atoms with van der Waals surface area (Å²) in [4.78, 5) is 1.18. The lowest BCUT2D eigenvalue weighted by Gasteiger charge is -2.20. The molecule has 2 N–H and O–H groups in total. The number of hydrogen-bond donors (Lipinski definition) is 2. The molecule has 0 saturated heterocycles. The van der Waals surface area contributed by atoms with E-state index in [-0.39, 0.29) is 0 Å². The number of hydrogen-bond acceptors (Lipinski definition) is 3. The van der Waals surface area contributed by atoms with Crippen molar-refractivity contribution in [1.29, 1.82) is 0 Å². The average molecular weight is 158 g/mol. The Morgan fingerprint density at radius 2 is 2.30 bits per heavy atom. The molecule has 1 aliphatic heterocycles. The molecule has 0 bridgehead atoms.